The zero-order valence-electron chi connectivity index (χ0n) is 16.5. The minimum atomic E-state index is -0.322. The fraction of sp³-hybridized carbons (Fsp3) is 0.348. The maximum Gasteiger partial charge on any atom is 0.310 e. The summed E-state index contributed by atoms with van der Waals surface area (Å²) in [7, 11) is 1.57. The molecule has 7 nitrogen and oxygen atoms in total. The molecule has 2 aliphatic carbocycles. The fourth-order valence-electron chi connectivity index (χ4n) is 5.20. The molecule has 5 unspecified atom stereocenters. The zero-order valence-corrected chi connectivity index (χ0v) is 16.5. The van der Waals surface area contributed by atoms with E-state index in [4.69, 9.17) is 9.47 Å². The molecule has 0 radical (unpaired) electrons. The second kappa shape index (κ2) is 7.16. The summed E-state index contributed by atoms with van der Waals surface area (Å²) in [5, 5.41) is 5.73. The van der Waals surface area contributed by atoms with Gasteiger partial charge in [0, 0.05) is 28.9 Å². The predicted octanol–water partition coefficient (Wildman–Crippen LogP) is 3.08. The van der Waals surface area contributed by atoms with Crippen LogP contribution in [-0.2, 0) is 14.3 Å². The van der Waals surface area contributed by atoms with Crippen molar-refractivity contribution in [1.29, 1.82) is 0 Å². The molecule has 1 heterocycles. The van der Waals surface area contributed by atoms with Crippen LogP contribution in [0.1, 0.15) is 23.2 Å². The van der Waals surface area contributed by atoms with E-state index < -0.39 is 0 Å². The Hall–Kier alpha value is -3.35. The first kappa shape index (κ1) is 18.7. The summed E-state index contributed by atoms with van der Waals surface area (Å²) in [5.41, 5.74) is 1.70. The quantitative estimate of drug-likeness (QED) is 0.745. The van der Waals surface area contributed by atoms with E-state index in [1.54, 1.807) is 55.6 Å². The number of benzene rings is 2. The molecule has 0 aromatic heterocycles. The summed E-state index contributed by atoms with van der Waals surface area (Å²) in [6, 6.07) is 13.8. The molecule has 3 aliphatic rings. The highest BCUT2D eigenvalue weighted by Gasteiger charge is 2.63. The van der Waals surface area contributed by atoms with Gasteiger partial charge in [-0.3, -0.25) is 14.4 Å². The lowest BCUT2D eigenvalue weighted by atomic mass is 9.79. The number of esters is 1. The van der Waals surface area contributed by atoms with Gasteiger partial charge in [0.25, 0.3) is 5.91 Å². The van der Waals surface area contributed by atoms with Crippen molar-refractivity contribution < 1.29 is 23.9 Å². The molecule has 1 saturated heterocycles. The number of carbonyl (C=O) groups is 3. The van der Waals surface area contributed by atoms with Crippen molar-refractivity contribution in [3.05, 3.63) is 54.1 Å². The topological polar surface area (TPSA) is 93.7 Å². The Morgan fingerprint density at radius 2 is 1.83 bits per heavy atom. The highest BCUT2D eigenvalue weighted by molar-refractivity contribution is 6.05. The summed E-state index contributed by atoms with van der Waals surface area (Å²) in [6.45, 7) is 0. The molecule has 5 atom stereocenters. The normalized spacial score (nSPS) is 28.2. The van der Waals surface area contributed by atoms with Crippen LogP contribution in [0.5, 0.6) is 5.75 Å². The molecule has 0 spiro atoms. The molecule has 2 aromatic rings. The molecule has 5 rings (SSSR count). The highest BCUT2D eigenvalue weighted by atomic mass is 16.6. The molecule has 2 saturated carbocycles. The number of hydrogen-bond acceptors (Lipinski definition) is 5. The maximum atomic E-state index is 12.8. The second-order valence-electron chi connectivity index (χ2n) is 8.17. The molecule has 2 aromatic carbocycles. The van der Waals surface area contributed by atoms with E-state index in [-0.39, 0.29) is 47.6 Å². The molecule has 3 fully saturated rings. The van der Waals surface area contributed by atoms with Crippen LogP contribution in [0.25, 0.3) is 0 Å². The first-order valence-corrected chi connectivity index (χ1v) is 10.1. The lowest BCUT2D eigenvalue weighted by Gasteiger charge is -2.23. The van der Waals surface area contributed by atoms with Crippen molar-refractivity contribution >= 4 is 29.2 Å². The molecular weight excluding hydrogens is 384 g/mol. The van der Waals surface area contributed by atoms with Crippen LogP contribution in [0.4, 0.5) is 11.4 Å². The summed E-state index contributed by atoms with van der Waals surface area (Å²) in [5.74, 6) is -0.185. The first-order valence-electron chi connectivity index (χ1n) is 10.1. The summed E-state index contributed by atoms with van der Waals surface area (Å²) >= 11 is 0. The average molecular weight is 406 g/mol. The monoisotopic (exact) mass is 406 g/mol. The van der Waals surface area contributed by atoms with E-state index in [1.807, 2.05) is 0 Å². The van der Waals surface area contributed by atoms with Gasteiger partial charge in [-0.05, 0) is 55.2 Å². The lowest BCUT2D eigenvalue weighted by Crippen LogP contribution is -2.35. The van der Waals surface area contributed by atoms with Gasteiger partial charge in [0.15, 0.2) is 0 Å². The third kappa shape index (κ3) is 3.10. The van der Waals surface area contributed by atoms with Crippen molar-refractivity contribution in [3.63, 3.8) is 0 Å². The number of rotatable bonds is 5. The van der Waals surface area contributed by atoms with Gasteiger partial charge in [0.05, 0.1) is 18.9 Å². The van der Waals surface area contributed by atoms with Gasteiger partial charge in [0.1, 0.15) is 11.9 Å². The smallest absolute Gasteiger partial charge is 0.310 e. The van der Waals surface area contributed by atoms with Gasteiger partial charge in [0.2, 0.25) is 5.91 Å². The highest BCUT2D eigenvalue weighted by Crippen LogP contribution is 2.57. The van der Waals surface area contributed by atoms with Crippen molar-refractivity contribution in [2.45, 2.75) is 18.9 Å². The fourth-order valence-corrected chi connectivity index (χ4v) is 5.20. The Balaban J connectivity index is 1.23. The Labute approximate surface area is 173 Å². The van der Waals surface area contributed by atoms with E-state index in [0.29, 0.717) is 22.7 Å². The van der Waals surface area contributed by atoms with Crippen LogP contribution in [0.15, 0.2) is 48.5 Å². The largest absolute Gasteiger partial charge is 0.497 e. The molecule has 2 bridgehead atoms. The van der Waals surface area contributed by atoms with Crippen LogP contribution in [0, 0.1) is 23.7 Å². The van der Waals surface area contributed by atoms with Crippen molar-refractivity contribution in [3.8, 4) is 5.75 Å². The molecular formula is C23H22N2O5. The first-order chi connectivity index (χ1) is 14.5. The Kier molecular flexibility index (Phi) is 4.46. The minimum absolute atomic E-state index is 0.0129. The standard InChI is InChI=1S/C23H22N2O5/c1-29-16-4-2-3-15(11-16)25-21(26)12-5-7-14(8-6-12)24-22(27)19-13-9-17-18(10-13)30-23(28)20(17)19/h2-8,11,13,17-20H,9-10H2,1H3,(H,24,27)(H,25,26). The molecule has 7 heteroatoms. The summed E-state index contributed by atoms with van der Waals surface area (Å²) in [6.07, 6.45) is 1.69. The average Bonchev–Trinajstić information content (AvgIpc) is 3.37. The number of amides is 2. The van der Waals surface area contributed by atoms with Gasteiger partial charge in [-0.2, -0.15) is 0 Å². The molecule has 2 amide bonds. The SMILES string of the molecule is COc1cccc(NC(=O)c2ccc(NC(=O)C3C4CC5OC(=O)C3C5C4)cc2)c1. The zero-order chi connectivity index (χ0) is 20.8. The number of nitrogens with one attached hydrogen (secondary N) is 2. The van der Waals surface area contributed by atoms with E-state index in [9.17, 15) is 14.4 Å². The van der Waals surface area contributed by atoms with Crippen LogP contribution in [0.3, 0.4) is 0 Å². The van der Waals surface area contributed by atoms with Crippen LogP contribution in [-0.4, -0.2) is 31.0 Å². The number of ether oxygens (including phenoxy) is 2. The predicted molar refractivity (Wildman–Crippen MR) is 109 cm³/mol. The second-order valence-corrected chi connectivity index (χ2v) is 8.17. The van der Waals surface area contributed by atoms with E-state index >= 15 is 0 Å². The molecule has 2 N–H and O–H groups in total. The summed E-state index contributed by atoms with van der Waals surface area (Å²) in [4.78, 5) is 37.4. The molecule has 154 valence electrons. The van der Waals surface area contributed by atoms with Gasteiger partial charge in [-0.25, -0.2) is 0 Å². The molecule has 1 aliphatic heterocycles. The Morgan fingerprint density at radius 1 is 1.03 bits per heavy atom. The van der Waals surface area contributed by atoms with Gasteiger partial charge >= 0.3 is 5.97 Å². The van der Waals surface area contributed by atoms with E-state index in [2.05, 4.69) is 10.6 Å². The number of anilines is 2. The van der Waals surface area contributed by atoms with Gasteiger partial charge in [-0.1, -0.05) is 6.07 Å². The van der Waals surface area contributed by atoms with Crippen LogP contribution >= 0.6 is 0 Å². The van der Waals surface area contributed by atoms with Gasteiger partial charge in [-0.15, -0.1) is 0 Å². The third-order valence-electron chi connectivity index (χ3n) is 6.53. The van der Waals surface area contributed by atoms with E-state index in [0.717, 1.165) is 12.8 Å². The van der Waals surface area contributed by atoms with Crippen LogP contribution in [0.2, 0.25) is 0 Å². The van der Waals surface area contributed by atoms with Crippen molar-refractivity contribution in [1.82, 2.24) is 0 Å². The maximum absolute atomic E-state index is 12.8. The van der Waals surface area contributed by atoms with Crippen molar-refractivity contribution in [2.24, 2.45) is 23.7 Å². The van der Waals surface area contributed by atoms with Crippen LogP contribution < -0.4 is 15.4 Å². The minimum Gasteiger partial charge on any atom is -0.497 e. The Bertz CT molecular complexity index is 1020. The Morgan fingerprint density at radius 3 is 2.60 bits per heavy atom. The van der Waals surface area contributed by atoms with E-state index in [1.165, 1.54) is 0 Å². The van der Waals surface area contributed by atoms with Crippen molar-refractivity contribution in [2.75, 3.05) is 17.7 Å². The number of fused-ring (bicyclic) bond motifs is 1. The lowest BCUT2D eigenvalue weighted by molar-refractivity contribution is -0.145. The number of hydrogen-bond donors (Lipinski definition) is 2. The number of methoxy groups -OCH3 is 1. The summed E-state index contributed by atoms with van der Waals surface area (Å²) < 4.78 is 10.6. The van der Waals surface area contributed by atoms with Gasteiger partial charge < -0.3 is 20.1 Å². The molecule has 30 heavy (non-hydrogen) atoms. The number of carbonyl (C=O) groups excluding carboxylic acids is 3. The third-order valence-corrected chi connectivity index (χ3v) is 6.53.